The molecule has 5 nitrogen and oxygen atoms in total. The van der Waals surface area contributed by atoms with Crippen LogP contribution in [0.15, 0.2) is 52.9 Å². The Balaban J connectivity index is 1.48. The molecule has 0 radical (unpaired) electrons. The average Bonchev–Trinajstić information content (AvgIpc) is 3.07. The van der Waals surface area contributed by atoms with Crippen molar-refractivity contribution in [3.05, 3.63) is 64.9 Å². The first-order chi connectivity index (χ1) is 12.6. The molecule has 9 heteroatoms. The number of carbonyl (C=O) groups excluding carboxylic acids is 1. The van der Waals surface area contributed by atoms with Gasteiger partial charge in [-0.15, -0.1) is 10.2 Å². The number of halogens is 2. The average molecular weight is 410 g/mol. The first-order valence-electron chi connectivity index (χ1n) is 7.48. The van der Waals surface area contributed by atoms with Gasteiger partial charge in [0, 0.05) is 5.75 Å². The van der Waals surface area contributed by atoms with Crippen LogP contribution in [0.4, 0.5) is 9.52 Å². The van der Waals surface area contributed by atoms with Crippen molar-refractivity contribution in [2.24, 2.45) is 0 Å². The molecule has 1 amide bonds. The van der Waals surface area contributed by atoms with Gasteiger partial charge in [0.2, 0.25) is 5.13 Å². The number of thioether (sulfide) groups is 1. The van der Waals surface area contributed by atoms with E-state index in [1.807, 2.05) is 30.3 Å². The monoisotopic (exact) mass is 409 g/mol. The van der Waals surface area contributed by atoms with Crippen molar-refractivity contribution in [3.63, 3.8) is 0 Å². The van der Waals surface area contributed by atoms with Crippen molar-refractivity contribution in [1.29, 1.82) is 0 Å². The molecule has 0 saturated heterocycles. The summed E-state index contributed by atoms with van der Waals surface area (Å²) in [5.74, 6) is 0.136. The van der Waals surface area contributed by atoms with Gasteiger partial charge < -0.3 is 4.74 Å². The van der Waals surface area contributed by atoms with Gasteiger partial charge in [0.25, 0.3) is 5.91 Å². The van der Waals surface area contributed by atoms with Crippen LogP contribution in [0.25, 0.3) is 0 Å². The van der Waals surface area contributed by atoms with Gasteiger partial charge in [-0.2, -0.15) is 0 Å². The van der Waals surface area contributed by atoms with Crippen LogP contribution < -0.4 is 10.1 Å². The van der Waals surface area contributed by atoms with E-state index in [1.54, 1.807) is 11.8 Å². The standard InChI is InChI=1S/C17H13ClFN3O2S2/c18-13-8-12(19)6-7-14(13)24-9-15(23)20-16-21-22-17(26-16)25-10-11-4-2-1-3-5-11/h1-8H,9-10H2,(H,20,21,23). The van der Waals surface area contributed by atoms with Crippen molar-refractivity contribution in [3.8, 4) is 5.75 Å². The number of ether oxygens (including phenoxy) is 1. The highest BCUT2D eigenvalue weighted by molar-refractivity contribution is 8.00. The third-order valence-corrected chi connectivity index (χ3v) is 5.45. The Morgan fingerprint density at radius 2 is 2.04 bits per heavy atom. The second kappa shape index (κ2) is 8.98. The summed E-state index contributed by atoms with van der Waals surface area (Å²) < 4.78 is 19.0. The summed E-state index contributed by atoms with van der Waals surface area (Å²) >= 11 is 8.67. The summed E-state index contributed by atoms with van der Waals surface area (Å²) in [6.07, 6.45) is 0. The number of carbonyl (C=O) groups is 1. The van der Waals surface area contributed by atoms with E-state index >= 15 is 0 Å². The van der Waals surface area contributed by atoms with Crippen LogP contribution >= 0.6 is 34.7 Å². The molecule has 0 saturated carbocycles. The van der Waals surface area contributed by atoms with Crippen molar-refractivity contribution < 1.29 is 13.9 Å². The van der Waals surface area contributed by atoms with Crippen LogP contribution in [-0.2, 0) is 10.5 Å². The molecule has 0 aliphatic carbocycles. The molecule has 0 bridgehead atoms. The van der Waals surface area contributed by atoms with E-state index in [1.165, 1.54) is 29.0 Å². The van der Waals surface area contributed by atoms with Gasteiger partial charge in [0.1, 0.15) is 11.6 Å². The van der Waals surface area contributed by atoms with Gasteiger partial charge >= 0.3 is 0 Å². The topological polar surface area (TPSA) is 64.1 Å². The third-order valence-electron chi connectivity index (χ3n) is 3.11. The van der Waals surface area contributed by atoms with Gasteiger partial charge in [-0.3, -0.25) is 10.1 Å². The molecule has 3 aromatic rings. The van der Waals surface area contributed by atoms with Gasteiger partial charge in [-0.25, -0.2) is 4.39 Å². The minimum Gasteiger partial charge on any atom is -0.482 e. The number of nitrogens with zero attached hydrogens (tertiary/aromatic N) is 2. The van der Waals surface area contributed by atoms with E-state index in [9.17, 15) is 9.18 Å². The van der Waals surface area contributed by atoms with Gasteiger partial charge in [-0.05, 0) is 23.8 Å². The Morgan fingerprint density at radius 3 is 2.81 bits per heavy atom. The van der Waals surface area contributed by atoms with Crippen molar-refractivity contribution in [2.45, 2.75) is 10.1 Å². The fraction of sp³-hybridized carbons (Fsp3) is 0.118. The fourth-order valence-corrected chi connectivity index (χ4v) is 3.87. The van der Waals surface area contributed by atoms with Crippen LogP contribution in [0.5, 0.6) is 5.75 Å². The zero-order chi connectivity index (χ0) is 18.4. The number of rotatable bonds is 7. The zero-order valence-corrected chi connectivity index (χ0v) is 15.7. The SMILES string of the molecule is O=C(COc1ccc(F)cc1Cl)Nc1nnc(SCc2ccccc2)s1. The first kappa shape index (κ1) is 18.6. The van der Waals surface area contributed by atoms with Gasteiger partial charge in [-0.1, -0.05) is 65.0 Å². The molecule has 1 heterocycles. The predicted molar refractivity (Wildman–Crippen MR) is 101 cm³/mol. The first-order valence-corrected chi connectivity index (χ1v) is 9.66. The Morgan fingerprint density at radius 1 is 1.23 bits per heavy atom. The molecule has 0 aliphatic heterocycles. The van der Waals surface area contributed by atoms with Crippen molar-refractivity contribution >= 4 is 45.7 Å². The lowest BCUT2D eigenvalue weighted by molar-refractivity contribution is -0.118. The van der Waals surface area contributed by atoms with E-state index in [-0.39, 0.29) is 17.4 Å². The summed E-state index contributed by atoms with van der Waals surface area (Å²) in [4.78, 5) is 11.9. The molecule has 0 aliphatic rings. The minimum atomic E-state index is -0.471. The van der Waals surface area contributed by atoms with Crippen LogP contribution in [0.1, 0.15) is 5.56 Å². The highest BCUT2D eigenvalue weighted by Crippen LogP contribution is 2.28. The molecule has 26 heavy (non-hydrogen) atoms. The maximum absolute atomic E-state index is 13.0. The van der Waals surface area contributed by atoms with Crippen LogP contribution in [0.2, 0.25) is 5.02 Å². The number of hydrogen-bond donors (Lipinski definition) is 1. The Hall–Kier alpha value is -2.16. The van der Waals surface area contributed by atoms with Crippen LogP contribution in [0, 0.1) is 5.82 Å². The summed E-state index contributed by atoms with van der Waals surface area (Å²) in [5, 5.41) is 11.1. The minimum absolute atomic E-state index is 0.105. The van der Waals surface area contributed by atoms with Crippen molar-refractivity contribution in [1.82, 2.24) is 10.2 Å². The smallest absolute Gasteiger partial charge is 0.264 e. The summed E-state index contributed by atoms with van der Waals surface area (Å²) in [7, 11) is 0. The maximum Gasteiger partial charge on any atom is 0.264 e. The molecular formula is C17H13ClFN3O2S2. The van der Waals surface area contributed by atoms with Gasteiger partial charge in [0.15, 0.2) is 10.9 Å². The van der Waals surface area contributed by atoms with E-state index < -0.39 is 11.7 Å². The summed E-state index contributed by atoms with van der Waals surface area (Å²) in [6, 6.07) is 13.7. The lowest BCUT2D eigenvalue weighted by Gasteiger charge is -2.07. The Labute approximate surface area is 162 Å². The highest BCUT2D eigenvalue weighted by atomic mass is 35.5. The molecule has 134 valence electrons. The number of nitrogens with one attached hydrogen (secondary N) is 1. The second-order valence-corrected chi connectivity index (χ2v) is 7.67. The predicted octanol–water partition coefficient (Wildman–Crippen LogP) is 4.64. The Kier molecular flexibility index (Phi) is 6.43. The molecule has 2 aromatic carbocycles. The molecule has 1 aromatic heterocycles. The molecule has 0 fully saturated rings. The lowest BCUT2D eigenvalue weighted by Crippen LogP contribution is -2.20. The third kappa shape index (κ3) is 5.42. The van der Waals surface area contributed by atoms with E-state index in [4.69, 9.17) is 16.3 Å². The number of aromatic nitrogens is 2. The van der Waals surface area contributed by atoms with E-state index in [2.05, 4.69) is 15.5 Å². The lowest BCUT2D eigenvalue weighted by atomic mass is 10.2. The normalized spacial score (nSPS) is 10.5. The Bertz CT molecular complexity index is 893. The number of hydrogen-bond acceptors (Lipinski definition) is 6. The number of anilines is 1. The van der Waals surface area contributed by atoms with Crippen LogP contribution in [0.3, 0.4) is 0 Å². The molecule has 0 atom stereocenters. The summed E-state index contributed by atoms with van der Waals surface area (Å²) in [6.45, 7) is -0.266. The largest absolute Gasteiger partial charge is 0.482 e. The molecule has 1 N–H and O–H groups in total. The summed E-state index contributed by atoms with van der Waals surface area (Å²) in [5.41, 5.74) is 1.18. The number of benzene rings is 2. The maximum atomic E-state index is 13.0. The van der Waals surface area contributed by atoms with E-state index in [0.717, 1.165) is 16.2 Å². The molecule has 3 rings (SSSR count). The molecular weight excluding hydrogens is 397 g/mol. The van der Waals surface area contributed by atoms with Gasteiger partial charge in [0.05, 0.1) is 5.02 Å². The number of amides is 1. The van der Waals surface area contributed by atoms with Crippen molar-refractivity contribution in [2.75, 3.05) is 11.9 Å². The second-order valence-electron chi connectivity index (χ2n) is 5.06. The van der Waals surface area contributed by atoms with Crippen LogP contribution in [-0.4, -0.2) is 22.7 Å². The highest BCUT2D eigenvalue weighted by Gasteiger charge is 2.11. The zero-order valence-electron chi connectivity index (χ0n) is 13.3. The molecule has 0 unspecified atom stereocenters. The molecule has 0 spiro atoms. The van der Waals surface area contributed by atoms with E-state index in [0.29, 0.717) is 5.13 Å². The quantitative estimate of drug-likeness (QED) is 0.455. The fourth-order valence-electron chi connectivity index (χ4n) is 1.93.